The summed E-state index contributed by atoms with van der Waals surface area (Å²) in [5, 5.41) is 2.89. The van der Waals surface area contributed by atoms with Gasteiger partial charge in [0.05, 0.1) is 6.33 Å². The average Bonchev–Trinajstić information content (AvgIpc) is 2.75. The minimum absolute atomic E-state index is 0.0612. The van der Waals surface area contributed by atoms with Crippen molar-refractivity contribution in [3.05, 3.63) is 41.9 Å². The molecule has 2 rings (SSSR count). The van der Waals surface area contributed by atoms with Crippen molar-refractivity contribution in [2.75, 3.05) is 12.4 Å². The van der Waals surface area contributed by atoms with Gasteiger partial charge in [-0.15, -0.1) is 0 Å². The number of aromatic nitrogens is 2. The van der Waals surface area contributed by atoms with Crippen LogP contribution < -0.4 is 11.1 Å². The fourth-order valence-corrected chi connectivity index (χ4v) is 1.68. The van der Waals surface area contributed by atoms with Gasteiger partial charge in [-0.05, 0) is 12.1 Å². The van der Waals surface area contributed by atoms with Crippen LogP contribution in [0.3, 0.4) is 0 Å². The Morgan fingerprint density at radius 2 is 2.00 bits per heavy atom. The standard InChI is InChI=1S/C12H13F2N5/c1-16-12-10(17-6-19(12)2)11(15)18-9-7(13)4-3-5-8(9)14/h3-6,16H,1-2H3,(H2,15,18). The van der Waals surface area contributed by atoms with Gasteiger partial charge in [0.15, 0.2) is 17.5 Å². The third-order valence-electron chi connectivity index (χ3n) is 2.59. The number of nitrogens with zero attached hydrogens (tertiary/aromatic N) is 3. The second-order valence-corrected chi connectivity index (χ2v) is 3.87. The van der Waals surface area contributed by atoms with Gasteiger partial charge in [0.25, 0.3) is 0 Å². The zero-order chi connectivity index (χ0) is 14.0. The monoisotopic (exact) mass is 265 g/mol. The van der Waals surface area contributed by atoms with Crippen LogP contribution in [-0.4, -0.2) is 22.4 Å². The van der Waals surface area contributed by atoms with Crippen LogP contribution in [0.1, 0.15) is 5.69 Å². The normalized spacial score (nSPS) is 11.7. The van der Waals surface area contributed by atoms with Gasteiger partial charge in [-0.1, -0.05) is 6.07 Å². The van der Waals surface area contributed by atoms with E-state index in [9.17, 15) is 8.78 Å². The minimum atomic E-state index is -0.773. The molecule has 0 bridgehead atoms. The fraction of sp³-hybridized carbons (Fsp3) is 0.167. The lowest BCUT2D eigenvalue weighted by Crippen LogP contribution is -2.16. The zero-order valence-corrected chi connectivity index (χ0v) is 10.5. The molecule has 2 aromatic rings. The minimum Gasteiger partial charge on any atom is -0.382 e. The first-order valence-corrected chi connectivity index (χ1v) is 5.52. The Balaban J connectivity index is 2.49. The van der Waals surface area contributed by atoms with Crippen molar-refractivity contribution < 1.29 is 8.78 Å². The van der Waals surface area contributed by atoms with Gasteiger partial charge in [-0.3, -0.25) is 0 Å². The van der Waals surface area contributed by atoms with E-state index >= 15 is 0 Å². The summed E-state index contributed by atoms with van der Waals surface area (Å²) >= 11 is 0. The second kappa shape index (κ2) is 5.05. The number of imidazole rings is 1. The van der Waals surface area contributed by atoms with Crippen LogP contribution >= 0.6 is 0 Å². The molecule has 0 unspecified atom stereocenters. The van der Waals surface area contributed by atoms with Crippen molar-refractivity contribution in [2.45, 2.75) is 0 Å². The third kappa shape index (κ3) is 2.40. The van der Waals surface area contributed by atoms with Crippen LogP contribution in [0.4, 0.5) is 20.3 Å². The molecule has 0 aliphatic rings. The number of rotatable bonds is 3. The Morgan fingerprint density at radius 3 is 2.58 bits per heavy atom. The van der Waals surface area contributed by atoms with Gasteiger partial charge in [0.2, 0.25) is 0 Å². The van der Waals surface area contributed by atoms with E-state index in [2.05, 4.69) is 15.3 Å². The molecule has 1 heterocycles. The summed E-state index contributed by atoms with van der Waals surface area (Å²) in [5.74, 6) is -0.998. The second-order valence-electron chi connectivity index (χ2n) is 3.87. The SMILES string of the molecule is CNc1c(C(N)=Nc2c(F)cccc2F)ncn1C. The number of hydrogen-bond acceptors (Lipinski definition) is 3. The topological polar surface area (TPSA) is 68.2 Å². The first kappa shape index (κ1) is 13.0. The summed E-state index contributed by atoms with van der Waals surface area (Å²) in [6.07, 6.45) is 1.53. The van der Waals surface area contributed by atoms with E-state index in [1.165, 1.54) is 12.4 Å². The summed E-state index contributed by atoms with van der Waals surface area (Å²) < 4.78 is 28.6. The Morgan fingerprint density at radius 1 is 1.37 bits per heavy atom. The molecule has 0 aliphatic carbocycles. The molecule has 0 fully saturated rings. The highest BCUT2D eigenvalue weighted by Gasteiger charge is 2.14. The van der Waals surface area contributed by atoms with E-state index in [1.807, 2.05) is 0 Å². The van der Waals surface area contributed by atoms with E-state index in [1.54, 1.807) is 18.7 Å². The van der Waals surface area contributed by atoms with Crippen molar-refractivity contribution in [1.82, 2.24) is 9.55 Å². The summed E-state index contributed by atoms with van der Waals surface area (Å²) in [7, 11) is 3.46. The Hall–Kier alpha value is -2.44. The Labute approximate surface area is 108 Å². The van der Waals surface area contributed by atoms with Gasteiger partial charge in [-0.25, -0.2) is 18.8 Å². The van der Waals surface area contributed by atoms with Crippen LogP contribution in [0.5, 0.6) is 0 Å². The van der Waals surface area contributed by atoms with Gasteiger partial charge in [0, 0.05) is 14.1 Å². The molecule has 0 radical (unpaired) electrons. The lowest BCUT2D eigenvalue weighted by molar-refractivity contribution is 0.587. The highest BCUT2D eigenvalue weighted by molar-refractivity contribution is 6.01. The van der Waals surface area contributed by atoms with Crippen molar-refractivity contribution in [3.8, 4) is 0 Å². The summed E-state index contributed by atoms with van der Waals surface area (Å²) in [5.41, 5.74) is 5.67. The maximum atomic E-state index is 13.5. The van der Waals surface area contributed by atoms with Crippen molar-refractivity contribution in [3.63, 3.8) is 0 Å². The molecule has 0 atom stereocenters. The van der Waals surface area contributed by atoms with Gasteiger partial charge in [0.1, 0.15) is 17.2 Å². The number of aliphatic imine (C=N–C) groups is 1. The molecule has 19 heavy (non-hydrogen) atoms. The van der Waals surface area contributed by atoms with E-state index in [0.717, 1.165) is 12.1 Å². The molecular formula is C12H13F2N5. The number of para-hydroxylation sites is 1. The van der Waals surface area contributed by atoms with E-state index in [4.69, 9.17) is 5.73 Å². The molecule has 0 saturated heterocycles. The molecule has 1 aromatic carbocycles. The molecule has 0 amide bonds. The van der Waals surface area contributed by atoms with E-state index < -0.39 is 17.3 Å². The quantitative estimate of drug-likeness (QED) is 0.656. The highest BCUT2D eigenvalue weighted by Crippen LogP contribution is 2.23. The molecule has 0 aliphatic heterocycles. The number of halogens is 2. The van der Waals surface area contributed by atoms with E-state index in [-0.39, 0.29) is 5.84 Å². The number of nitrogens with two attached hydrogens (primary N) is 1. The smallest absolute Gasteiger partial charge is 0.154 e. The highest BCUT2D eigenvalue weighted by atomic mass is 19.1. The Bertz CT molecular complexity index is 613. The third-order valence-corrected chi connectivity index (χ3v) is 2.59. The predicted molar refractivity (Wildman–Crippen MR) is 69.5 cm³/mol. The summed E-state index contributed by atoms with van der Waals surface area (Å²) in [6, 6.07) is 3.50. The van der Waals surface area contributed by atoms with Crippen LogP contribution in [-0.2, 0) is 7.05 Å². The van der Waals surface area contributed by atoms with Crippen molar-refractivity contribution >= 4 is 17.3 Å². The van der Waals surface area contributed by atoms with Crippen LogP contribution in [0.2, 0.25) is 0 Å². The van der Waals surface area contributed by atoms with Gasteiger partial charge >= 0.3 is 0 Å². The Kier molecular flexibility index (Phi) is 3.46. The molecular weight excluding hydrogens is 252 g/mol. The number of aryl methyl sites for hydroxylation is 1. The van der Waals surface area contributed by atoms with Crippen LogP contribution in [0.25, 0.3) is 0 Å². The molecule has 0 saturated carbocycles. The summed E-state index contributed by atoms with van der Waals surface area (Å²) in [4.78, 5) is 7.82. The molecule has 3 N–H and O–H groups in total. The van der Waals surface area contributed by atoms with Crippen molar-refractivity contribution in [1.29, 1.82) is 0 Å². The van der Waals surface area contributed by atoms with Crippen molar-refractivity contribution in [2.24, 2.45) is 17.8 Å². The largest absolute Gasteiger partial charge is 0.382 e. The number of amidine groups is 1. The lowest BCUT2D eigenvalue weighted by Gasteiger charge is -2.05. The molecule has 0 spiro atoms. The van der Waals surface area contributed by atoms with Gasteiger partial charge in [-0.2, -0.15) is 0 Å². The molecule has 5 nitrogen and oxygen atoms in total. The maximum absolute atomic E-state index is 13.5. The zero-order valence-electron chi connectivity index (χ0n) is 10.5. The first-order valence-electron chi connectivity index (χ1n) is 5.52. The maximum Gasteiger partial charge on any atom is 0.154 e. The van der Waals surface area contributed by atoms with Gasteiger partial charge < -0.3 is 15.6 Å². The predicted octanol–water partition coefficient (Wildman–Crippen LogP) is 1.78. The average molecular weight is 265 g/mol. The molecule has 100 valence electrons. The first-order chi connectivity index (χ1) is 9.04. The molecule has 7 heteroatoms. The van der Waals surface area contributed by atoms with Crippen LogP contribution in [0, 0.1) is 11.6 Å². The fourth-order valence-electron chi connectivity index (χ4n) is 1.68. The number of benzene rings is 1. The number of anilines is 1. The number of nitrogens with one attached hydrogen (secondary N) is 1. The molecule has 1 aromatic heterocycles. The van der Waals surface area contributed by atoms with Crippen LogP contribution in [0.15, 0.2) is 29.5 Å². The number of hydrogen-bond donors (Lipinski definition) is 2. The summed E-state index contributed by atoms with van der Waals surface area (Å²) in [6.45, 7) is 0. The van der Waals surface area contributed by atoms with E-state index in [0.29, 0.717) is 11.5 Å². The lowest BCUT2D eigenvalue weighted by atomic mass is 10.3.